The van der Waals surface area contributed by atoms with E-state index >= 15 is 0 Å². The van der Waals surface area contributed by atoms with Crippen LogP contribution in [0.5, 0.6) is 5.75 Å². The van der Waals surface area contributed by atoms with Crippen molar-refractivity contribution in [3.8, 4) is 5.75 Å². The SMILES string of the molecule is O=C(O)CCc1ccc(COc2ccccc2Cc2ccc3ccccc3c2)cc1. The van der Waals surface area contributed by atoms with Crippen LogP contribution in [0, 0.1) is 0 Å². The molecule has 1 N–H and O–H groups in total. The number of benzene rings is 4. The molecule has 0 spiro atoms. The fraction of sp³-hybridized carbons (Fsp3) is 0.148. The summed E-state index contributed by atoms with van der Waals surface area (Å²) >= 11 is 0. The molecule has 0 amide bonds. The zero-order chi connectivity index (χ0) is 20.8. The molecule has 0 aliphatic carbocycles. The quantitative estimate of drug-likeness (QED) is 0.396. The van der Waals surface area contributed by atoms with E-state index in [0.717, 1.165) is 28.9 Å². The van der Waals surface area contributed by atoms with Gasteiger partial charge < -0.3 is 9.84 Å². The molecular formula is C27H24O3. The monoisotopic (exact) mass is 396 g/mol. The number of hydrogen-bond donors (Lipinski definition) is 1. The average Bonchev–Trinajstić information content (AvgIpc) is 2.78. The Morgan fingerprint density at radius 1 is 0.733 bits per heavy atom. The number of carbonyl (C=O) groups is 1. The van der Waals surface area contributed by atoms with Gasteiger partial charge in [-0.1, -0.05) is 84.9 Å². The largest absolute Gasteiger partial charge is 0.489 e. The highest BCUT2D eigenvalue weighted by molar-refractivity contribution is 5.83. The predicted molar refractivity (Wildman–Crippen MR) is 120 cm³/mol. The third-order valence-electron chi connectivity index (χ3n) is 5.23. The lowest BCUT2D eigenvalue weighted by molar-refractivity contribution is -0.136. The zero-order valence-corrected chi connectivity index (χ0v) is 16.8. The maximum atomic E-state index is 10.7. The molecule has 150 valence electrons. The molecule has 0 unspecified atom stereocenters. The van der Waals surface area contributed by atoms with Gasteiger partial charge in [0.2, 0.25) is 0 Å². The molecule has 30 heavy (non-hydrogen) atoms. The molecule has 0 fully saturated rings. The fourth-order valence-corrected chi connectivity index (χ4v) is 3.57. The van der Waals surface area contributed by atoms with Crippen molar-refractivity contribution >= 4 is 16.7 Å². The second-order valence-electron chi connectivity index (χ2n) is 7.46. The van der Waals surface area contributed by atoms with Crippen LogP contribution in [-0.4, -0.2) is 11.1 Å². The van der Waals surface area contributed by atoms with Gasteiger partial charge in [0, 0.05) is 12.8 Å². The lowest BCUT2D eigenvalue weighted by atomic mass is 10.0. The van der Waals surface area contributed by atoms with Crippen LogP contribution in [-0.2, 0) is 24.2 Å². The minimum Gasteiger partial charge on any atom is -0.489 e. The minimum absolute atomic E-state index is 0.151. The first-order valence-corrected chi connectivity index (χ1v) is 10.2. The number of ether oxygens (including phenoxy) is 1. The zero-order valence-electron chi connectivity index (χ0n) is 16.8. The highest BCUT2D eigenvalue weighted by Crippen LogP contribution is 2.24. The van der Waals surface area contributed by atoms with Crippen molar-refractivity contribution in [3.05, 3.63) is 113 Å². The maximum Gasteiger partial charge on any atom is 0.303 e. The van der Waals surface area contributed by atoms with Gasteiger partial charge in [-0.3, -0.25) is 4.79 Å². The van der Waals surface area contributed by atoms with Crippen LogP contribution in [0.4, 0.5) is 0 Å². The number of hydrogen-bond acceptors (Lipinski definition) is 2. The minimum atomic E-state index is -0.773. The number of carboxylic acid groups (broad SMARTS) is 1. The summed E-state index contributed by atoms with van der Waals surface area (Å²) in [6, 6.07) is 31.1. The van der Waals surface area contributed by atoms with Gasteiger partial charge in [0.05, 0.1) is 0 Å². The Bertz CT molecular complexity index is 1150. The van der Waals surface area contributed by atoms with Gasteiger partial charge in [-0.2, -0.15) is 0 Å². The van der Waals surface area contributed by atoms with Gasteiger partial charge >= 0.3 is 5.97 Å². The van der Waals surface area contributed by atoms with E-state index in [1.807, 2.05) is 42.5 Å². The summed E-state index contributed by atoms with van der Waals surface area (Å²) in [5, 5.41) is 11.3. The molecule has 0 atom stereocenters. The molecule has 0 bridgehead atoms. The van der Waals surface area contributed by atoms with E-state index in [1.165, 1.54) is 16.3 Å². The fourth-order valence-electron chi connectivity index (χ4n) is 3.57. The van der Waals surface area contributed by atoms with Crippen molar-refractivity contribution in [1.29, 1.82) is 0 Å². The van der Waals surface area contributed by atoms with Gasteiger partial charge in [0.15, 0.2) is 0 Å². The highest BCUT2D eigenvalue weighted by Gasteiger charge is 2.06. The second-order valence-corrected chi connectivity index (χ2v) is 7.46. The van der Waals surface area contributed by atoms with Gasteiger partial charge in [0.25, 0.3) is 0 Å². The lowest BCUT2D eigenvalue weighted by Crippen LogP contribution is -2.00. The molecule has 4 aromatic carbocycles. The first kappa shape index (κ1) is 19.7. The van der Waals surface area contributed by atoms with Crippen LogP contribution < -0.4 is 4.74 Å². The summed E-state index contributed by atoms with van der Waals surface area (Å²) in [6.45, 7) is 0.480. The molecular weight excluding hydrogens is 372 g/mol. The summed E-state index contributed by atoms with van der Waals surface area (Å²) in [5.41, 5.74) is 4.51. The number of rotatable bonds is 8. The van der Waals surface area contributed by atoms with Crippen molar-refractivity contribution in [3.63, 3.8) is 0 Å². The molecule has 3 nitrogen and oxygen atoms in total. The van der Waals surface area contributed by atoms with Crippen molar-refractivity contribution in [2.45, 2.75) is 25.9 Å². The molecule has 0 saturated heterocycles. The second kappa shape index (κ2) is 9.27. The normalized spacial score (nSPS) is 10.8. The molecule has 3 heteroatoms. The smallest absolute Gasteiger partial charge is 0.303 e. The topological polar surface area (TPSA) is 46.5 Å². The Hall–Kier alpha value is -3.59. The summed E-state index contributed by atoms with van der Waals surface area (Å²) in [5.74, 6) is 0.117. The van der Waals surface area contributed by atoms with E-state index in [-0.39, 0.29) is 6.42 Å². The van der Waals surface area contributed by atoms with E-state index in [1.54, 1.807) is 0 Å². The number of aryl methyl sites for hydroxylation is 1. The maximum absolute atomic E-state index is 10.7. The van der Waals surface area contributed by atoms with E-state index in [9.17, 15) is 4.79 Å². The number of carboxylic acids is 1. The summed E-state index contributed by atoms with van der Waals surface area (Å²) in [7, 11) is 0. The third kappa shape index (κ3) is 5.06. The molecule has 4 rings (SSSR count). The molecule has 0 heterocycles. The lowest BCUT2D eigenvalue weighted by Gasteiger charge is -2.12. The summed E-state index contributed by atoms with van der Waals surface area (Å²) < 4.78 is 6.13. The number of para-hydroxylation sites is 1. The first-order valence-electron chi connectivity index (χ1n) is 10.2. The van der Waals surface area contributed by atoms with Gasteiger partial charge in [-0.15, -0.1) is 0 Å². The van der Waals surface area contributed by atoms with Crippen molar-refractivity contribution in [2.75, 3.05) is 0 Å². The third-order valence-corrected chi connectivity index (χ3v) is 5.23. The van der Waals surface area contributed by atoms with Crippen LogP contribution in [0.1, 0.15) is 28.7 Å². The molecule has 0 radical (unpaired) electrons. The molecule has 4 aromatic rings. The Kier molecular flexibility index (Phi) is 6.09. The highest BCUT2D eigenvalue weighted by atomic mass is 16.5. The van der Waals surface area contributed by atoms with Crippen molar-refractivity contribution < 1.29 is 14.6 Å². The van der Waals surface area contributed by atoms with Gasteiger partial charge in [0.1, 0.15) is 12.4 Å². The number of fused-ring (bicyclic) bond motifs is 1. The van der Waals surface area contributed by atoms with Gasteiger partial charge in [-0.05, 0) is 45.5 Å². The van der Waals surface area contributed by atoms with Crippen molar-refractivity contribution in [1.82, 2.24) is 0 Å². The van der Waals surface area contributed by atoms with Crippen LogP contribution in [0.3, 0.4) is 0 Å². The Labute approximate surface area is 176 Å². The Balaban J connectivity index is 1.43. The number of aliphatic carboxylic acids is 1. The van der Waals surface area contributed by atoms with E-state index < -0.39 is 5.97 Å². The molecule has 0 aliphatic heterocycles. The average molecular weight is 396 g/mol. The Morgan fingerprint density at radius 2 is 1.40 bits per heavy atom. The van der Waals surface area contributed by atoms with Crippen LogP contribution in [0.25, 0.3) is 10.8 Å². The molecule has 0 saturated carbocycles. The molecule has 0 aliphatic rings. The van der Waals surface area contributed by atoms with Crippen LogP contribution in [0.15, 0.2) is 91.0 Å². The standard InChI is InChI=1S/C27H24O3/c28-27(29)16-14-20-9-11-21(12-10-20)19-30-26-8-4-3-7-25(26)18-22-13-15-23-5-1-2-6-24(23)17-22/h1-13,15,17H,14,16,18-19H2,(H,28,29). The summed E-state index contributed by atoms with van der Waals surface area (Å²) in [4.78, 5) is 10.7. The predicted octanol–water partition coefficient (Wildman–Crippen LogP) is 6.03. The Morgan fingerprint density at radius 3 is 2.20 bits per heavy atom. The first-order chi connectivity index (χ1) is 14.7. The van der Waals surface area contributed by atoms with Gasteiger partial charge in [-0.25, -0.2) is 0 Å². The van der Waals surface area contributed by atoms with E-state index in [0.29, 0.717) is 13.0 Å². The van der Waals surface area contributed by atoms with E-state index in [4.69, 9.17) is 9.84 Å². The van der Waals surface area contributed by atoms with E-state index in [2.05, 4.69) is 48.5 Å². The molecule has 0 aromatic heterocycles. The van der Waals surface area contributed by atoms with Crippen LogP contribution >= 0.6 is 0 Å². The van der Waals surface area contributed by atoms with Crippen molar-refractivity contribution in [2.24, 2.45) is 0 Å². The van der Waals surface area contributed by atoms with Crippen LogP contribution in [0.2, 0.25) is 0 Å². The summed E-state index contributed by atoms with van der Waals surface area (Å²) in [6.07, 6.45) is 1.51.